The summed E-state index contributed by atoms with van der Waals surface area (Å²) < 4.78 is 46.9. The van der Waals surface area contributed by atoms with Gasteiger partial charge < -0.3 is 10.1 Å². The molecule has 0 radical (unpaired) electrons. The molecule has 4 rings (SSSR count). The van der Waals surface area contributed by atoms with E-state index in [2.05, 4.69) is 22.2 Å². The SMILES string of the molecule is CC1CCCCO1.O=C(Nc1cccnc1)c1ccc(F)c(-c2c(F)cccc2F)n1. The van der Waals surface area contributed by atoms with Crippen molar-refractivity contribution >= 4 is 11.6 Å². The number of aromatic nitrogens is 2. The van der Waals surface area contributed by atoms with Crippen LogP contribution < -0.4 is 5.32 Å². The van der Waals surface area contributed by atoms with Gasteiger partial charge in [0.15, 0.2) is 0 Å². The highest BCUT2D eigenvalue weighted by atomic mass is 19.1. The van der Waals surface area contributed by atoms with Crippen LogP contribution in [0, 0.1) is 17.5 Å². The van der Waals surface area contributed by atoms with Gasteiger partial charge in [-0.3, -0.25) is 9.78 Å². The number of ether oxygens (including phenoxy) is 1. The molecule has 31 heavy (non-hydrogen) atoms. The van der Waals surface area contributed by atoms with E-state index in [-0.39, 0.29) is 5.69 Å². The zero-order chi connectivity index (χ0) is 22.2. The average Bonchev–Trinajstić information content (AvgIpc) is 2.76. The van der Waals surface area contributed by atoms with Crippen molar-refractivity contribution < 1.29 is 22.7 Å². The Kier molecular flexibility index (Phi) is 7.72. The second-order valence-electron chi connectivity index (χ2n) is 7.00. The summed E-state index contributed by atoms with van der Waals surface area (Å²) in [7, 11) is 0. The van der Waals surface area contributed by atoms with Crippen LogP contribution in [0.25, 0.3) is 11.3 Å². The number of hydrogen-bond acceptors (Lipinski definition) is 4. The molecule has 5 nitrogen and oxygen atoms in total. The third kappa shape index (κ3) is 6.11. The predicted molar refractivity (Wildman–Crippen MR) is 111 cm³/mol. The molecule has 1 aromatic carbocycles. The highest BCUT2D eigenvalue weighted by Gasteiger charge is 2.19. The highest BCUT2D eigenvalue weighted by Crippen LogP contribution is 2.27. The molecule has 0 aliphatic carbocycles. The molecule has 1 saturated heterocycles. The van der Waals surface area contributed by atoms with Crippen LogP contribution in [-0.2, 0) is 4.74 Å². The topological polar surface area (TPSA) is 64.1 Å². The van der Waals surface area contributed by atoms with E-state index in [0.717, 1.165) is 36.9 Å². The highest BCUT2D eigenvalue weighted by molar-refractivity contribution is 6.03. The van der Waals surface area contributed by atoms with E-state index in [4.69, 9.17) is 4.74 Å². The molecule has 3 heterocycles. The van der Waals surface area contributed by atoms with Gasteiger partial charge in [0.05, 0.1) is 23.6 Å². The minimum atomic E-state index is -0.966. The number of carbonyl (C=O) groups excluding carboxylic acids is 1. The van der Waals surface area contributed by atoms with E-state index in [1.807, 2.05) is 0 Å². The van der Waals surface area contributed by atoms with E-state index in [1.54, 1.807) is 12.1 Å². The molecule has 162 valence electrons. The van der Waals surface area contributed by atoms with E-state index >= 15 is 0 Å². The smallest absolute Gasteiger partial charge is 0.274 e. The fraction of sp³-hybridized carbons (Fsp3) is 0.261. The number of benzene rings is 1. The molecule has 0 saturated carbocycles. The Morgan fingerprint density at radius 3 is 2.39 bits per heavy atom. The molecule has 0 bridgehead atoms. The van der Waals surface area contributed by atoms with E-state index < -0.39 is 34.6 Å². The second kappa shape index (κ2) is 10.7. The fourth-order valence-electron chi connectivity index (χ4n) is 3.00. The first-order valence-corrected chi connectivity index (χ1v) is 9.89. The molecular formula is C23H22F3N3O2. The van der Waals surface area contributed by atoms with Crippen LogP contribution in [-0.4, -0.2) is 28.6 Å². The minimum absolute atomic E-state index is 0.182. The largest absolute Gasteiger partial charge is 0.379 e. The Morgan fingerprint density at radius 2 is 1.81 bits per heavy atom. The molecular weight excluding hydrogens is 407 g/mol. The predicted octanol–water partition coefficient (Wildman–Crippen LogP) is 5.39. The number of pyridine rings is 2. The van der Waals surface area contributed by atoms with Crippen LogP contribution in [0.4, 0.5) is 18.9 Å². The number of nitrogens with one attached hydrogen (secondary N) is 1. The van der Waals surface area contributed by atoms with Gasteiger partial charge in [-0.25, -0.2) is 18.2 Å². The standard InChI is InChI=1S/C17H10F3N3O.C6H12O/c18-11-4-1-5-12(19)15(11)16-13(20)6-7-14(23-16)17(24)22-10-3-2-8-21-9-10;1-6-4-2-3-5-7-6/h1-9H,(H,22,24);6H,2-5H2,1H3. The second-order valence-corrected chi connectivity index (χ2v) is 7.00. The number of halogens is 3. The molecule has 0 spiro atoms. The number of carbonyl (C=O) groups is 1. The van der Waals surface area contributed by atoms with Crippen molar-refractivity contribution in [3.8, 4) is 11.3 Å². The van der Waals surface area contributed by atoms with Gasteiger partial charge in [-0.05, 0) is 62.6 Å². The first-order valence-electron chi connectivity index (χ1n) is 9.89. The summed E-state index contributed by atoms with van der Waals surface area (Å²) >= 11 is 0. The van der Waals surface area contributed by atoms with E-state index in [1.165, 1.54) is 31.7 Å². The maximum Gasteiger partial charge on any atom is 0.274 e. The lowest BCUT2D eigenvalue weighted by atomic mass is 10.1. The monoisotopic (exact) mass is 429 g/mol. The third-order valence-electron chi connectivity index (χ3n) is 4.60. The summed E-state index contributed by atoms with van der Waals surface area (Å²) in [6.45, 7) is 3.13. The molecule has 1 aliphatic heterocycles. The Balaban J connectivity index is 0.000000330. The molecule has 1 fully saturated rings. The van der Waals surface area contributed by atoms with Crippen LogP contribution in [0.1, 0.15) is 36.7 Å². The number of anilines is 1. The van der Waals surface area contributed by atoms with Crippen molar-refractivity contribution in [3.63, 3.8) is 0 Å². The summed E-state index contributed by atoms with van der Waals surface area (Å²) in [4.78, 5) is 19.8. The van der Waals surface area contributed by atoms with E-state index in [0.29, 0.717) is 11.8 Å². The summed E-state index contributed by atoms with van der Waals surface area (Å²) in [6.07, 6.45) is 7.38. The van der Waals surface area contributed by atoms with Gasteiger partial charge in [0, 0.05) is 12.8 Å². The zero-order valence-corrected chi connectivity index (χ0v) is 16.9. The van der Waals surface area contributed by atoms with Gasteiger partial charge in [-0.15, -0.1) is 0 Å². The van der Waals surface area contributed by atoms with Crippen LogP contribution in [0.15, 0.2) is 54.9 Å². The van der Waals surface area contributed by atoms with Gasteiger partial charge in [0.1, 0.15) is 28.8 Å². The number of hydrogen-bond donors (Lipinski definition) is 1. The Labute approximate surface area is 178 Å². The number of nitrogens with zero attached hydrogens (tertiary/aromatic N) is 2. The lowest BCUT2D eigenvalue weighted by Gasteiger charge is -2.17. The Morgan fingerprint density at radius 1 is 1.03 bits per heavy atom. The molecule has 3 aromatic rings. The van der Waals surface area contributed by atoms with Crippen LogP contribution >= 0.6 is 0 Å². The van der Waals surface area contributed by atoms with Crippen molar-refractivity contribution in [1.82, 2.24) is 9.97 Å². The Bertz CT molecular complexity index is 1010. The normalized spacial score (nSPS) is 15.5. The maximum atomic E-state index is 14.0. The zero-order valence-electron chi connectivity index (χ0n) is 16.9. The van der Waals surface area contributed by atoms with Crippen molar-refractivity contribution in [1.29, 1.82) is 0 Å². The molecule has 8 heteroatoms. The van der Waals surface area contributed by atoms with Crippen LogP contribution in [0.5, 0.6) is 0 Å². The molecule has 2 aromatic heterocycles. The molecule has 1 N–H and O–H groups in total. The fourth-order valence-corrected chi connectivity index (χ4v) is 3.00. The lowest BCUT2D eigenvalue weighted by Crippen LogP contribution is -2.14. The molecule has 1 amide bonds. The molecule has 1 aliphatic rings. The van der Waals surface area contributed by atoms with Crippen molar-refractivity contribution in [2.45, 2.75) is 32.3 Å². The van der Waals surface area contributed by atoms with Gasteiger partial charge in [-0.2, -0.15) is 0 Å². The molecule has 1 atom stereocenters. The average molecular weight is 429 g/mol. The third-order valence-corrected chi connectivity index (χ3v) is 4.60. The number of amides is 1. The first-order chi connectivity index (χ1) is 15.0. The van der Waals surface area contributed by atoms with Crippen molar-refractivity contribution in [2.75, 3.05) is 11.9 Å². The molecule has 1 unspecified atom stereocenters. The Hall–Kier alpha value is -3.26. The van der Waals surface area contributed by atoms with Crippen molar-refractivity contribution in [3.05, 3.63) is 78.0 Å². The van der Waals surface area contributed by atoms with Gasteiger partial charge in [0.25, 0.3) is 5.91 Å². The van der Waals surface area contributed by atoms with Crippen LogP contribution in [0.3, 0.4) is 0 Å². The van der Waals surface area contributed by atoms with Gasteiger partial charge in [0.2, 0.25) is 0 Å². The first kappa shape index (κ1) is 22.4. The number of rotatable bonds is 3. The van der Waals surface area contributed by atoms with E-state index in [9.17, 15) is 18.0 Å². The minimum Gasteiger partial charge on any atom is -0.379 e. The van der Waals surface area contributed by atoms with Crippen molar-refractivity contribution in [2.24, 2.45) is 0 Å². The quantitative estimate of drug-likeness (QED) is 0.607. The van der Waals surface area contributed by atoms with Crippen LogP contribution in [0.2, 0.25) is 0 Å². The summed E-state index contributed by atoms with van der Waals surface area (Å²) in [5, 5.41) is 2.51. The summed E-state index contributed by atoms with van der Waals surface area (Å²) in [6, 6.07) is 8.42. The van der Waals surface area contributed by atoms with Gasteiger partial charge in [-0.1, -0.05) is 6.07 Å². The van der Waals surface area contributed by atoms with Gasteiger partial charge >= 0.3 is 0 Å². The summed E-state index contributed by atoms with van der Waals surface area (Å²) in [5.74, 6) is -3.52. The lowest BCUT2D eigenvalue weighted by molar-refractivity contribution is 0.0285. The maximum absolute atomic E-state index is 14.0. The summed E-state index contributed by atoms with van der Waals surface area (Å²) in [5.41, 5.74) is -0.958.